The average molecular weight is 219 g/mol. The van der Waals surface area contributed by atoms with E-state index in [0.29, 0.717) is 5.82 Å². The van der Waals surface area contributed by atoms with Crippen LogP contribution in [-0.2, 0) is 4.74 Å². The van der Waals surface area contributed by atoms with Crippen LogP contribution in [0.4, 0.5) is 0 Å². The van der Waals surface area contributed by atoms with E-state index in [1.807, 2.05) is 0 Å². The van der Waals surface area contributed by atoms with Gasteiger partial charge in [-0.15, -0.1) is 0 Å². The molecule has 2 heterocycles. The Bertz CT molecular complexity index is 556. The molecule has 2 aromatic heterocycles. The predicted octanol–water partition coefficient (Wildman–Crippen LogP) is 0.347. The number of methoxy groups -OCH3 is 1. The molecule has 2 aromatic rings. The third-order valence-corrected chi connectivity index (χ3v) is 2.06. The maximum absolute atomic E-state index is 11.8. The topological polar surface area (TPSA) is 77.0 Å². The van der Waals surface area contributed by atoms with Crippen LogP contribution in [0.25, 0.3) is 5.82 Å². The molecule has 0 fully saturated rings. The molecule has 0 bridgehead atoms. The number of hydrogen-bond donors (Lipinski definition) is 1. The number of rotatable bonds is 2. The number of aromatic amines is 1. The Morgan fingerprint density at radius 2 is 2.31 bits per heavy atom. The van der Waals surface area contributed by atoms with Crippen molar-refractivity contribution >= 4 is 5.97 Å². The van der Waals surface area contributed by atoms with Crippen molar-refractivity contribution < 1.29 is 9.53 Å². The molecule has 0 amide bonds. The molecular weight excluding hydrogens is 210 g/mol. The van der Waals surface area contributed by atoms with Gasteiger partial charge < -0.3 is 4.74 Å². The molecule has 0 aromatic carbocycles. The highest BCUT2D eigenvalue weighted by Crippen LogP contribution is 1.99. The van der Waals surface area contributed by atoms with Crippen LogP contribution in [0.2, 0.25) is 0 Å². The highest BCUT2D eigenvalue weighted by molar-refractivity contribution is 5.88. The van der Waals surface area contributed by atoms with Gasteiger partial charge in [0.2, 0.25) is 0 Å². The number of pyridine rings is 1. The fourth-order valence-corrected chi connectivity index (χ4v) is 1.28. The van der Waals surface area contributed by atoms with Gasteiger partial charge in [-0.2, -0.15) is 0 Å². The molecular formula is C10H9N3O3. The van der Waals surface area contributed by atoms with Crippen molar-refractivity contribution in [2.45, 2.75) is 0 Å². The zero-order chi connectivity index (χ0) is 11.5. The largest absolute Gasteiger partial charge is 0.465 e. The van der Waals surface area contributed by atoms with Gasteiger partial charge in [-0.1, -0.05) is 6.07 Å². The minimum Gasteiger partial charge on any atom is -0.465 e. The van der Waals surface area contributed by atoms with Gasteiger partial charge in [0.15, 0.2) is 5.82 Å². The minimum atomic E-state index is -0.670. The van der Waals surface area contributed by atoms with E-state index in [2.05, 4.69) is 14.8 Å². The summed E-state index contributed by atoms with van der Waals surface area (Å²) in [4.78, 5) is 27.0. The lowest BCUT2D eigenvalue weighted by Gasteiger charge is -1.97. The van der Waals surface area contributed by atoms with Crippen molar-refractivity contribution in [3.63, 3.8) is 0 Å². The van der Waals surface area contributed by atoms with Crippen molar-refractivity contribution in [3.05, 3.63) is 46.5 Å². The highest BCUT2D eigenvalue weighted by Gasteiger charge is 2.15. The first-order valence-electron chi connectivity index (χ1n) is 4.54. The van der Waals surface area contributed by atoms with Gasteiger partial charge in [0.1, 0.15) is 5.56 Å². The molecule has 1 N–H and O–H groups in total. The van der Waals surface area contributed by atoms with Crippen molar-refractivity contribution in [3.8, 4) is 5.82 Å². The normalized spacial score (nSPS) is 10.1. The Balaban J connectivity index is 2.50. The third-order valence-electron chi connectivity index (χ3n) is 2.06. The van der Waals surface area contributed by atoms with Crippen LogP contribution < -0.4 is 5.56 Å². The summed E-state index contributed by atoms with van der Waals surface area (Å²) in [6.45, 7) is 0. The van der Waals surface area contributed by atoms with Gasteiger partial charge in [-0.05, 0) is 12.1 Å². The van der Waals surface area contributed by atoms with Crippen LogP contribution in [0.15, 0.2) is 35.4 Å². The number of esters is 1. The van der Waals surface area contributed by atoms with Crippen molar-refractivity contribution in [2.24, 2.45) is 0 Å². The molecule has 0 saturated carbocycles. The molecule has 0 radical (unpaired) electrons. The van der Waals surface area contributed by atoms with Crippen LogP contribution in [0, 0.1) is 0 Å². The summed E-state index contributed by atoms with van der Waals surface area (Å²) in [6, 6.07) is 5.13. The Morgan fingerprint density at radius 3 is 2.94 bits per heavy atom. The molecule has 0 unspecified atom stereocenters. The number of aromatic nitrogens is 3. The predicted molar refractivity (Wildman–Crippen MR) is 55.5 cm³/mol. The molecule has 0 spiro atoms. The zero-order valence-corrected chi connectivity index (χ0v) is 8.51. The van der Waals surface area contributed by atoms with E-state index in [9.17, 15) is 9.59 Å². The number of nitrogens with zero attached hydrogens (tertiary/aromatic N) is 2. The van der Waals surface area contributed by atoms with Gasteiger partial charge in [-0.25, -0.2) is 14.5 Å². The molecule has 82 valence electrons. The van der Waals surface area contributed by atoms with Crippen molar-refractivity contribution in [1.29, 1.82) is 0 Å². The second-order valence-corrected chi connectivity index (χ2v) is 3.01. The molecule has 0 aliphatic rings. The molecule has 2 rings (SSSR count). The maximum atomic E-state index is 11.8. The maximum Gasteiger partial charge on any atom is 0.345 e. The second-order valence-electron chi connectivity index (χ2n) is 3.01. The zero-order valence-electron chi connectivity index (χ0n) is 8.51. The molecule has 0 aliphatic carbocycles. The Hall–Kier alpha value is -2.37. The lowest BCUT2D eigenvalue weighted by molar-refractivity contribution is 0.0599. The first kappa shape index (κ1) is 10.2. The van der Waals surface area contributed by atoms with Crippen molar-refractivity contribution in [2.75, 3.05) is 7.11 Å². The molecule has 6 nitrogen and oxygen atoms in total. The lowest BCUT2D eigenvalue weighted by atomic mass is 10.3. The minimum absolute atomic E-state index is 0.0480. The van der Waals surface area contributed by atoms with Crippen molar-refractivity contribution in [1.82, 2.24) is 14.8 Å². The van der Waals surface area contributed by atoms with E-state index < -0.39 is 11.5 Å². The van der Waals surface area contributed by atoms with Crippen LogP contribution in [0.1, 0.15) is 10.4 Å². The Kier molecular flexibility index (Phi) is 2.55. The van der Waals surface area contributed by atoms with Crippen LogP contribution >= 0.6 is 0 Å². The first-order chi connectivity index (χ1) is 7.74. The summed E-state index contributed by atoms with van der Waals surface area (Å²) in [7, 11) is 1.22. The highest BCUT2D eigenvalue weighted by atomic mass is 16.5. The number of hydrogen-bond acceptors (Lipinski definition) is 4. The van der Waals surface area contributed by atoms with Gasteiger partial charge in [0, 0.05) is 12.4 Å². The van der Waals surface area contributed by atoms with Crippen LogP contribution in [-0.4, -0.2) is 27.8 Å². The SMILES string of the molecule is COC(=O)c1c[nH]n(-c2ccccn2)c1=O. The lowest BCUT2D eigenvalue weighted by Crippen LogP contribution is -2.21. The average Bonchev–Trinajstić information content (AvgIpc) is 2.71. The van der Waals surface area contributed by atoms with E-state index in [4.69, 9.17) is 0 Å². The molecule has 6 heteroatoms. The van der Waals surface area contributed by atoms with Gasteiger partial charge in [0.25, 0.3) is 5.56 Å². The monoisotopic (exact) mass is 219 g/mol. The molecule has 0 atom stereocenters. The number of carbonyl (C=O) groups excluding carboxylic acids is 1. The second kappa shape index (κ2) is 4.01. The molecule has 0 saturated heterocycles. The molecule has 16 heavy (non-hydrogen) atoms. The third kappa shape index (κ3) is 1.60. The number of nitrogens with one attached hydrogen (secondary N) is 1. The van der Waals surface area contributed by atoms with Gasteiger partial charge in [0.05, 0.1) is 7.11 Å². The van der Waals surface area contributed by atoms with E-state index in [-0.39, 0.29) is 5.56 Å². The fourth-order valence-electron chi connectivity index (χ4n) is 1.28. The summed E-state index contributed by atoms with van der Waals surface area (Å²) in [6.07, 6.45) is 2.85. The van der Waals surface area contributed by atoms with E-state index >= 15 is 0 Å². The smallest absolute Gasteiger partial charge is 0.345 e. The summed E-state index contributed by atoms with van der Waals surface area (Å²) >= 11 is 0. The number of carbonyl (C=O) groups is 1. The fraction of sp³-hybridized carbons (Fsp3) is 0.100. The van der Waals surface area contributed by atoms with E-state index in [1.165, 1.54) is 18.0 Å². The Morgan fingerprint density at radius 1 is 1.50 bits per heavy atom. The summed E-state index contributed by atoms with van der Waals surface area (Å²) in [5.41, 5.74) is -0.529. The summed E-state index contributed by atoms with van der Waals surface area (Å²) < 4.78 is 5.65. The summed E-state index contributed by atoms with van der Waals surface area (Å²) in [5.74, 6) is -0.251. The number of ether oxygens (including phenoxy) is 1. The quantitative estimate of drug-likeness (QED) is 0.739. The van der Waals surface area contributed by atoms with Gasteiger partial charge >= 0.3 is 5.97 Å². The van der Waals surface area contributed by atoms with Gasteiger partial charge in [-0.3, -0.25) is 9.89 Å². The van der Waals surface area contributed by atoms with E-state index in [1.54, 1.807) is 24.4 Å². The van der Waals surface area contributed by atoms with Crippen LogP contribution in [0.3, 0.4) is 0 Å². The Labute approximate surface area is 90.5 Å². The molecule has 0 aliphatic heterocycles. The standard InChI is InChI=1S/C10H9N3O3/c1-16-10(15)7-6-12-13(9(7)14)8-4-2-3-5-11-8/h2-6,12H,1H3. The first-order valence-corrected chi connectivity index (χ1v) is 4.54. The summed E-state index contributed by atoms with van der Waals surface area (Å²) in [5, 5.41) is 2.65. The van der Waals surface area contributed by atoms with E-state index in [0.717, 1.165) is 0 Å². The number of H-pyrrole nitrogens is 1. The van der Waals surface area contributed by atoms with Crippen LogP contribution in [0.5, 0.6) is 0 Å².